The van der Waals surface area contributed by atoms with E-state index in [2.05, 4.69) is 15.0 Å². The summed E-state index contributed by atoms with van der Waals surface area (Å²) in [6.45, 7) is 1.40. The van der Waals surface area contributed by atoms with Crippen molar-refractivity contribution in [2.24, 2.45) is 0 Å². The zero-order valence-electron chi connectivity index (χ0n) is 17.4. The van der Waals surface area contributed by atoms with Crippen molar-refractivity contribution in [1.29, 1.82) is 0 Å². The second kappa shape index (κ2) is 7.99. The molecule has 0 amide bonds. The number of phosphoric ester groups is 1. The van der Waals surface area contributed by atoms with Gasteiger partial charge in [0, 0.05) is 25.0 Å². The molecule has 2 saturated heterocycles. The average molecular weight is 479 g/mol. The van der Waals surface area contributed by atoms with Crippen molar-refractivity contribution in [2.75, 3.05) is 12.3 Å². The Bertz CT molecular complexity index is 1280. The quantitative estimate of drug-likeness (QED) is 0.391. The van der Waals surface area contributed by atoms with Crippen LogP contribution in [0.1, 0.15) is 31.2 Å². The molecule has 2 aliphatic rings. The number of fused-ring (bicyclic) bond motifs is 1. The number of anilines is 1. The van der Waals surface area contributed by atoms with Gasteiger partial charge in [0.1, 0.15) is 11.7 Å². The number of nitrogens with two attached hydrogens (primary N) is 1. The SMILES string of the molecule is C[C@@]1(O)[C@H](O)C(OP2(=O)OCC[C@@H](c3ccncc3)O2)O[C@H]1n1ccc2c(=O)[nH]c(N)nc21. The number of hydrogen-bond acceptors (Lipinski definition) is 11. The highest BCUT2D eigenvalue weighted by molar-refractivity contribution is 7.48. The van der Waals surface area contributed by atoms with E-state index in [1.54, 1.807) is 24.5 Å². The van der Waals surface area contributed by atoms with Crippen molar-refractivity contribution in [2.45, 2.75) is 43.7 Å². The third kappa shape index (κ3) is 3.87. The number of hydrogen-bond donors (Lipinski definition) is 4. The lowest BCUT2D eigenvalue weighted by atomic mass is 9.99. The zero-order chi connectivity index (χ0) is 23.4. The summed E-state index contributed by atoms with van der Waals surface area (Å²) in [5.74, 6) is -0.131. The van der Waals surface area contributed by atoms with Gasteiger partial charge in [-0.2, -0.15) is 4.98 Å². The van der Waals surface area contributed by atoms with E-state index in [1.165, 1.54) is 23.8 Å². The van der Waals surface area contributed by atoms with Crippen LogP contribution in [0.2, 0.25) is 0 Å². The highest BCUT2D eigenvalue weighted by Gasteiger charge is 2.56. The van der Waals surface area contributed by atoms with Crippen molar-refractivity contribution in [1.82, 2.24) is 19.5 Å². The Labute approximate surface area is 186 Å². The Morgan fingerprint density at radius 3 is 2.88 bits per heavy atom. The number of H-pyrrole nitrogens is 1. The smallest absolute Gasteiger partial charge is 0.385 e. The summed E-state index contributed by atoms with van der Waals surface area (Å²) in [6.07, 6.45) is 0.0178. The van der Waals surface area contributed by atoms with E-state index < -0.39 is 43.7 Å². The Hall–Kier alpha value is -2.64. The van der Waals surface area contributed by atoms with Gasteiger partial charge in [0.2, 0.25) is 12.2 Å². The maximum Gasteiger partial charge on any atom is 0.477 e. The van der Waals surface area contributed by atoms with Crippen LogP contribution in [0.5, 0.6) is 0 Å². The lowest BCUT2D eigenvalue weighted by Crippen LogP contribution is -2.44. The molecule has 13 nitrogen and oxygen atoms in total. The van der Waals surface area contributed by atoms with E-state index in [0.717, 1.165) is 5.56 Å². The first kappa shape index (κ1) is 22.2. The number of pyridine rings is 1. The van der Waals surface area contributed by atoms with E-state index in [1.807, 2.05) is 0 Å². The van der Waals surface area contributed by atoms with Crippen LogP contribution >= 0.6 is 7.82 Å². The lowest BCUT2D eigenvalue weighted by molar-refractivity contribution is -0.145. The van der Waals surface area contributed by atoms with Gasteiger partial charge in [-0.05, 0) is 30.7 Å². The van der Waals surface area contributed by atoms with Gasteiger partial charge < -0.3 is 25.3 Å². The maximum absolute atomic E-state index is 13.2. The molecule has 5 rings (SSSR count). The molecule has 14 heteroatoms. The largest absolute Gasteiger partial charge is 0.477 e. The Morgan fingerprint density at radius 2 is 2.12 bits per heavy atom. The Morgan fingerprint density at radius 1 is 1.36 bits per heavy atom. The molecular weight excluding hydrogens is 457 g/mol. The molecule has 5 heterocycles. The minimum absolute atomic E-state index is 0.0844. The summed E-state index contributed by atoms with van der Waals surface area (Å²) in [4.78, 5) is 22.5. The van der Waals surface area contributed by atoms with Gasteiger partial charge >= 0.3 is 7.82 Å². The van der Waals surface area contributed by atoms with Crippen LogP contribution in [-0.2, 0) is 22.9 Å². The molecule has 33 heavy (non-hydrogen) atoms. The van der Waals surface area contributed by atoms with Gasteiger partial charge in [0.05, 0.1) is 18.1 Å². The first-order valence-electron chi connectivity index (χ1n) is 10.1. The Kier molecular flexibility index (Phi) is 5.37. The number of aromatic nitrogens is 4. The van der Waals surface area contributed by atoms with Crippen LogP contribution in [0.25, 0.3) is 11.0 Å². The van der Waals surface area contributed by atoms with Crippen molar-refractivity contribution in [3.8, 4) is 0 Å². The molecule has 0 saturated carbocycles. The van der Waals surface area contributed by atoms with Gasteiger partial charge in [0.25, 0.3) is 5.56 Å². The highest BCUT2D eigenvalue weighted by Crippen LogP contribution is 2.59. The second-order valence-corrected chi connectivity index (χ2v) is 9.56. The monoisotopic (exact) mass is 479 g/mol. The van der Waals surface area contributed by atoms with E-state index in [0.29, 0.717) is 6.42 Å². The highest BCUT2D eigenvalue weighted by atomic mass is 31.2. The van der Waals surface area contributed by atoms with Crippen LogP contribution in [0.4, 0.5) is 5.95 Å². The molecule has 3 aromatic heterocycles. The van der Waals surface area contributed by atoms with Crippen LogP contribution < -0.4 is 11.3 Å². The number of nitrogens with one attached hydrogen (secondary N) is 1. The molecule has 0 radical (unpaired) electrons. The predicted octanol–water partition coefficient (Wildman–Crippen LogP) is 0.971. The summed E-state index contributed by atoms with van der Waals surface area (Å²) in [5, 5.41) is 21.9. The summed E-state index contributed by atoms with van der Waals surface area (Å²) < 4.78 is 36.6. The number of aliphatic hydroxyl groups excluding tert-OH is 1. The van der Waals surface area contributed by atoms with Crippen LogP contribution in [-0.4, -0.2) is 54.3 Å². The van der Waals surface area contributed by atoms with Crippen molar-refractivity contribution >= 4 is 24.8 Å². The third-order valence-corrected chi connectivity index (χ3v) is 7.15. The van der Waals surface area contributed by atoms with Crippen LogP contribution in [0.15, 0.2) is 41.6 Å². The van der Waals surface area contributed by atoms with Gasteiger partial charge in [-0.1, -0.05) is 0 Å². The van der Waals surface area contributed by atoms with Crippen molar-refractivity contribution in [3.05, 3.63) is 52.7 Å². The van der Waals surface area contributed by atoms with Crippen LogP contribution in [0, 0.1) is 0 Å². The summed E-state index contributed by atoms with van der Waals surface area (Å²) >= 11 is 0. The molecule has 3 aromatic rings. The summed E-state index contributed by atoms with van der Waals surface area (Å²) in [6, 6.07) is 4.91. The van der Waals surface area contributed by atoms with Crippen molar-refractivity contribution < 1.29 is 33.1 Å². The normalized spacial score (nSPS) is 34.6. The molecule has 2 aliphatic heterocycles. The fourth-order valence-electron chi connectivity index (χ4n) is 3.94. The van der Waals surface area contributed by atoms with Gasteiger partial charge in [-0.3, -0.25) is 28.3 Å². The van der Waals surface area contributed by atoms with E-state index in [4.69, 9.17) is 24.0 Å². The van der Waals surface area contributed by atoms with E-state index in [9.17, 15) is 19.6 Å². The van der Waals surface area contributed by atoms with Crippen molar-refractivity contribution in [3.63, 3.8) is 0 Å². The molecule has 2 unspecified atom stereocenters. The minimum atomic E-state index is -4.16. The number of rotatable bonds is 4. The zero-order valence-corrected chi connectivity index (χ0v) is 18.3. The lowest BCUT2D eigenvalue weighted by Gasteiger charge is -2.31. The van der Waals surface area contributed by atoms with E-state index in [-0.39, 0.29) is 23.6 Å². The molecule has 5 N–H and O–H groups in total. The van der Waals surface area contributed by atoms with Gasteiger partial charge in [-0.25, -0.2) is 4.57 Å². The fraction of sp³-hybridized carbons (Fsp3) is 0.421. The molecule has 176 valence electrons. The number of nitrogens with zero attached hydrogens (tertiary/aromatic N) is 3. The molecule has 0 aliphatic carbocycles. The van der Waals surface area contributed by atoms with Gasteiger partial charge in [-0.15, -0.1) is 0 Å². The molecule has 0 spiro atoms. The molecule has 6 atom stereocenters. The minimum Gasteiger partial charge on any atom is -0.385 e. The Balaban J connectivity index is 1.41. The number of aliphatic hydroxyl groups is 2. The molecular formula is C19H22N5O8P. The predicted molar refractivity (Wildman–Crippen MR) is 113 cm³/mol. The first-order valence-corrected chi connectivity index (χ1v) is 11.6. The number of ether oxygens (including phenoxy) is 1. The number of aromatic amines is 1. The maximum atomic E-state index is 13.2. The summed E-state index contributed by atoms with van der Waals surface area (Å²) in [5.41, 5.74) is 4.12. The third-order valence-electron chi connectivity index (χ3n) is 5.67. The van der Waals surface area contributed by atoms with Gasteiger partial charge in [0.15, 0.2) is 11.9 Å². The topological polar surface area (TPSA) is 184 Å². The molecule has 0 aromatic carbocycles. The fourth-order valence-corrected chi connectivity index (χ4v) is 5.40. The number of phosphoric acid groups is 1. The number of nitrogen functional groups attached to an aromatic ring is 1. The average Bonchev–Trinajstić information content (AvgIpc) is 3.28. The standard InChI is InChI=1S/C19H22N5O8P/c1-19(27)13(25)16(30-17(19)24-8-4-11-14(24)22-18(20)23-15(11)26)32-33(28)29-9-5-12(31-33)10-2-6-21-7-3-10/h2-4,6-8,12-13,16-17,25,27H,5,9H2,1H3,(H3,20,22,23,26)/t12-,13+,16?,17+,19+,33?/m0/s1. The summed E-state index contributed by atoms with van der Waals surface area (Å²) in [7, 11) is -4.16. The van der Waals surface area contributed by atoms with Crippen LogP contribution in [0.3, 0.4) is 0 Å². The molecule has 2 fully saturated rings. The first-order chi connectivity index (χ1) is 15.7. The van der Waals surface area contributed by atoms with E-state index >= 15 is 0 Å². The second-order valence-electron chi connectivity index (χ2n) is 7.99. The molecule has 0 bridgehead atoms.